The average Bonchev–Trinajstić information content (AvgIpc) is 3.27. The Bertz CT molecular complexity index is 1120. The molecule has 3 amide bonds. The third kappa shape index (κ3) is 3.90. The first-order valence-corrected chi connectivity index (χ1v) is 11.6. The number of piperidine rings is 1. The fourth-order valence-corrected chi connectivity index (χ4v) is 5.57. The summed E-state index contributed by atoms with van der Waals surface area (Å²) in [5.74, 6) is -0.883. The minimum Gasteiger partial charge on any atom is -0.342 e. The number of anilines is 1. The van der Waals surface area contributed by atoms with Gasteiger partial charge in [0, 0.05) is 49.3 Å². The molecule has 1 spiro atoms. The molecule has 1 unspecified atom stereocenters. The van der Waals surface area contributed by atoms with Crippen molar-refractivity contribution in [2.45, 2.75) is 57.0 Å². The van der Waals surface area contributed by atoms with Crippen LogP contribution in [0.5, 0.6) is 0 Å². The van der Waals surface area contributed by atoms with E-state index in [2.05, 4.69) is 5.32 Å². The lowest BCUT2D eigenvalue weighted by Crippen LogP contribution is -2.54. The van der Waals surface area contributed by atoms with Crippen molar-refractivity contribution >= 4 is 23.4 Å². The zero-order valence-electron chi connectivity index (χ0n) is 18.8. The molecular weight excluding hydrogens is 421 g/mol. The summed E-state index contributed by atoms with van der Waals surface area (Å²) in [4.78, 5) is 41.9. The second-order valence-electron chi connectivity index (χ2n) is 9.51. The van der Waals surface area contributed by atoms with Crippen molar-refractivity contribution in [3.63, 3.8) is 0 Å². The van der Waals surface area contributed by atoms with Crippen molar-refractivity contribution in [1.29, 1.82) is 0 Å². The standard InChI is InChI=1S/C26H28FN3O3/c1-17-6-7-22-19(14-17)20(25(33)28-22)15-24(32)29-12-10-26(11-13-29)9-8-23(31)30(26)16-18-4-2-3-5-21(18)27/h2-7,14,20H,8-13,15-16H2,1H3,(H,28,33). The Labute approximate surface area is 192 Å². The second-order valence-corrected chi connectivity index (χ2v) is 9.51. The monoisotopic (exact) mass is 449 g/mol. The molecule has 5 rings (SSSR count). The van der Waals surface area contributed by atoms with Gasteiger partial charge >= 0.3 is 0 Å². The third-order valence-electron chi connectivity index (χ3n) is 7.55. The van der Waals surface area contributed by atoms with E-state index in [1.54, 1.807) is 18.2 Å². The van der Waals surface area contributed by atoms with Crippen LogP contribution in [0.25, 0.3) is 0 Å². The van der Waals surface area contributed by atoms with Gasteiger partial charge in [0.2, 0.25) is 17.7 Å². The number of carbonyl (C=O) groups excluding carboxylic acids is 3. The molecule has 0 radical (unpaired) electrons. The Kier molecular flexibility index (Phi) is 5.43. The largest absolute Gasteiger partial charge is 0.342 e. The average molecular weight is 450 g/mol. The number of fused-ring (bicyclic) bond motifs is 1. The van der Waals surface area contributed by atoms with Gasteiger partial charge in [-0.05, 0) is 43.9 Å². The molecule has 0 aromatic heterocycles. The van der Waals surface area contributed by atoms with Crippen LogP contribution >= 0.6 is 0 Å². The fraction of sp³-hybridized carbons (Fsp3) is 0.423. The van der Waals surface area contributed by atoms with Crippen LogP contribution in [0, 0.1) is 12.7 Å². The maximum absolute atomic E-state index is 14.2. The Morgan fingerprint density at radius 2 is 1.88 bits per heavy atom. The quantitative estimate of drug-likeness (QED) is 0.773. The van der Waals surface area contributed by atoms with Crippen molar-refractivity contribution in [3.05, 3.63) is 65.0 Å². The number of benzene rings is 2. The summed E-state index contributed by atoms with van der Waals surface area (Å²) in [5.41, 5.74) is 2.92. The zero-order valence-corrected chi connectivity index (χ0v) is 18.8. The first kappa shape index (κ1) is 21.6. The van der Waals surface area contributed by atoms with Crippen molar-refractivity contribution in [1.82, 2.24) is 9.80 Å². The SMILES string of the molecule is Cc1ccc2c(c1)C(CC(=O)N1CCC3(CCC(=O)N3Cc3ccccc3F)CC1)C(=O)N2. The molecule has 3 aliphatic heterocycles. The number of hydrogen-bond acceptors (Lipinski definition) is 3. The maximum atomic E-state index is 14.2. The van der Waals surface area contributed by atoms with Gasteiger partial charge in [0.1, 0.15) is 5.82 Å². The minimum atomic E-state index is -0.464. The minimum absolute atomic E-state index is 0.0377. The van der Waals surface area contributed by atoms with Gasteiger partial charge in [-0.15, -0.1) is 0 Å². The van der Waals surface area contributed by atoms with Crippen LogP contribution in [0.3, 0.4) is 0 Å². The summed E-state index contributed by atoms with van der Waals surface area (Å²) in [6.45, 7) is 3.31. The molecule has 7 heteroatoms. The van der Waals surface area contributed by atoms with Crippen LogP contribution in [0.15, 0.2) is 42.5 Å². The summed E-state index contributed by atoms with van der Waals surface area (Å²) in [6, 6.07) is 12.4. The summed E-state index contributed by atoms with van der Waals surface area (Å²) in [7, 11) is 0. The smallest absolute Gasteiger partial charge is 0.232 e. The number of amides is 3. The van der Waals surface area contributed by atoms with Gasteiger partial charge in [-0.3, -0.25) is 14.4 Å². The van der Waals surface area contributed by atoms with E-state index < -0.39 is 5.92 Å². The Morgan fingerprint density at radius 3 is 2.64 bits per heavy atom. The third-order valence-corrected chi connectivity index (χ3v) is 7.55. The molecule has 0 saturated carbocycles. The zero-order chi connectivity index (χ0) is 23.2. The molecular formula is C26H28FN3O3. The molecule has 2 aromatic rings. The van der Waals surface area contributed by atoms with Crippen LogP contribution in [-0.2, 0) is 20.9 Å². The first-order chi connectivity index (χ1) is 15.9. The highest BCUT2D eigenvalue weighted by Crippen LogP contribution is 2.41. The van der Waals surface area contributed by atoms with Crippen LogP contribution in [0.2, 0.25) is 0 Å². The summed E-state index contributed by atoms with van der Waals surface area (Å²) in [6.07, 6.45) is 2.69. The lowest BCUT2D eigenvalue weighted by atomic mass is 9.84. The van der Waals surface area contributed by atoms with Crippen molar-refractivity contribution < 1.29 is 18.8 Å². The van der Waals surface area contributed by atoms with Gasteiger partial charge in [-0.2, -0.15) is 0 Å². The van der Waals surface area contributed by atoms with Gasteiger partial charge in [0.05, 0.1) is 5.92 Å². The van der Waals surface area contributed by atoms with Gasteiger partial charge in [-0.1, -0.05) is 35.9 Å². The van der Waals surface area contributed by atoms with Crippen LogP contribution in [-0.4, -0.2) is 46.1 Å². The first-order valence-electron chi connectivity index (χ1n) is 11.6. The number of hydrogen-bond donors (Lipinski definition) is 1. The van der Waals surface area contributed by atoms with Crippen molar-refractivity contribution in [2.24, 2.45) is 0 Å². The molecule has 6 nitrogen and oxygen atoms in total. The van der Waals surface area contributed by atoms with E-state index in [1.165, 1.54) is 6.07 Å². The van der Waals surface area contributed by atoms with E-state index in [-0.39, 0.29) is 42.0 Å². The van der Waals surface area contributed by atoms with E-state index in [4.69, 9.17) is 0 Å². The Balaban J connectivity index is 1.25. The van der Waals surface area contributed by atoms with Crippen LogP contribution in [0.1, 0.15) is 54.7 Å². The number of aryl methyl sites for hydroxylation is 1. The van der Waals surface area contributed by atoms with E-state index in [0.29, 0.717) is 37.9 Å². The lowest BCUT2D eigenvalue weighted by Gasteiger charge is -2.45. The van der Waals surface area contributed by atoms with Crippen LogP contribution < -0.4 is 5.32 Å². The Morgan fingerprint density at radius 1 is 1.12 bits per heavy atom. The van der Waals surface area contributed by atoms with Crippen molar-refractivity contribution in [3.8, 4) is 0 Å². The van der Waals surface area contributed by atoms with Gasteiger partial charge in [-0.25, -0.2) is 4.39 Å². The van der Waals surface area contributed by atoms with Crippen LogP contribution in [0.4, 0.5) is 10.1 Å². The number of rotatable bonds is 4. The topological polar surface area (TPSA) is 69.7 Å². The van der Waals surface area contributed by atoms with Gasteiger partial charge < -0.3 is 15.1 Å². The van der Waals surface area contributed by atoms with E-state index >= 15 is 0 Å². The molecule has 0 aliphatic carbocycles. The second kappa shape index (κ2) is 8.28. The van der Waals surface area contributed by atoms with E-state index in [1.807, 2.05) is 34.9 Å². The molecule has 172 valence electrons. The molecule has 2 fully saturated rings. The molecule has 2 saturated heterocycles. The number of carbonyl (C=O) groups is 3. The van der Waals surface area contributed by atoms with E-state index in [0.717, 1.165) is 23.2 Å². The molecule has 3 heterocycles. The highest BCUT2D eigenvalue weighted by molar-refractivity contribution is 6.05. The van der Waals surface area contributed by atoms with Gasteiger partial charge in [0.25, 0.3) is 0 Å². The summed E-state index contributed by atoms with van der Waals surface area (Å²) < 4.78 is 14.2. The molecule has 3 aliphatic rings. The highest BCUT2D eigenvalue weighted by Gasteiger charge is 2.47. The number of halogens is 1. The number of nitrogens with one attached hydrogen (secondary N) is 1. The Hall–Kier alpha value is -3.22. The molecule has 33 heavy (non-hydrogen) atoms. The normalized spacial score (nSPS) is 21.5. The highest BCUT2D eigenvalue weighted by atomic mass is 19.1. The lowest BCUT2D eigenvalue weighted by molar-refractivity contribution is -0.138. The van der Waals surface area contributed by atoms with Crippen molar-refractivity contribution in [2.75, 3.05) is 18.4 Å². The fourth-order valence-electron chi connectivity index (χ4n) is 5.57. The predicted octanol–water partition coefficient (Wildman–Crippen LogP) is 3.74. The molecule has 2 aromatic carbocycles. The molecule has 1 N–H and O–H groups in total. The summed E-state index contributed by atoms with van der Waals surface area (Å²) >= 11 is 0. The summed E-state index contributed by atoms with van der Waals surface area (Å²) in [5, 5.41) is 2.88. The maximum Gasteiger partial charge on any atom is 0.232 e. The molecule has 0 bridgehead atoms. The van der Waals surface area contributed by atoms with Gasteiger partial charge in [0.15, 0.2) is 0 Å². The number of nitrogens with zero attached hydrogens (tertiary/aromatic N) is 2. The van der Waals surface area contributed by atoms with E-state index in [9.17, 15) is 18.8 Å². The number of likely N-dealkylation sites (tertiary alicyclic amines) is 2. The molecule has 1 atom stereocenters. The predicted molar refractivity (Wildman–Crippen MR) is 122 cm³/mol.